The molecule has 0 saturated carbocycles. The monoisotopic (exact) mass is 511 g/mol. The highest BCUT2D eigenvalue weighted by Gasteiger charge is 2.09. The smallest absolute Gasteiger partial charge is 0.157 e. The molecule has 1 N–H and O–H groups in total. The zero-order chi connectivity index (χ0) is 26.2. The van der Waals surface area contributed by atoms with Crippen molar-refractivity contribution in [3.05, 3.63) is 12.2 Å². The SMILES string of the molecule is CCCCCCCCOC(CCCCCCCCCCCC/C=C/CCO)OCCCCCCCC. The Morgan fingerprint density at radius 1 is 0.472 bits per heavy atom. The summed E-state index contributed by atoms with van der Waals surface area (Å²) in [6, 6.07) is 0. The van der Waals surface area contributed by atoms with Crippen molar-refractivity contribution in [3.63, 3.8) is 0 Å². The summed E-state index contributed by atoms with van der Waals surface area (Å²) >= 11 is 0. The van der Waals surface area contributed by atoms with E-state index in [-0.39, 0.29) is 12.9 Å². The van der Waals surface area contributed by atoms with Crippen molar-refractivity contribution >= 4 is 0 Å². The van der Waals surface area contributed by atoms with E-state index < -0.39 is 0 Å². The quantitative estimate of drug-likeness (QED) is 0.0572. The molecule has 0 amide bonds. The molecule has 0 radical (unpaired) electrons. The highest BCUT2D eigenvalue weighted by Crippen LogP contribution is 2.15. The second-order valence-corrected chi connectivity index (χ2v) is 10.8. The van der Waals surface area contributed by atoms with E-state index >= 15 is 0 Å². The van der Waals surface area contributed by atoms with Gasteiger partial charge in [-0.1, -0.05) is 142 Å². The predicted octanol–water partition coefficient (Wildman–Crippen LogP) is 10.7. The molecule has 0 spiro atoms. The maximum absolute atomic E-state index is 8.75. The molecule has 0 saturated heterocycles. The fourth-order valence-electron chi connectivity index (χ4n) is 4.71. The molecule has 0 heterocycles. The number of allylic oxidation sites excluding steroid dienone is 1. The lowest BCUT2D eigenvalue weighted by Crippen LogP contribution is -2.19. The molecule has 216 valence electrons. The van der Waals surface area contributed by atoms with Crippen LogP contribution in [0.25, 0.3) is 0 Å². The first-order chi connectivity index (χ1) is 17.8. The van der Waals surface area contributed by atoms with Crippen LogP contribution in [0.5, 0.6) is 0 Å². The van der Waals surface area contributed by atoms with E-state index in [4.69, 9.17) is 14.6 Å². The van der Waals surface area contributed by atoms with Gasteiger partial charge >= 0.3 is 0 Å². The Kier molecular flexibility index (Phi) is 32.3. The summed E-state index contributed by atoms with van der Waals surface area (Å²) in [6.07, 6.45) is 36.7. The number of rotatable bonds is 31. The number of hydrogen-bond acceptors (Lipinski definition) is 3. The molecule has 0 rings (SSSR count). The van der Waals surface area contributed by atoms with Crippen LogP contribution in [0.15, 0.2) is 12.2 Å². The van der Waals surface area contributed by atoms with Gasteiger partial charge in [0.15, 0.2) is 6.29 Å². The molecule has 0 aromatic heterocycles. The lowest BCUT2D eigenvalue weighted by atomic mass is 10.0. The minimum atomic E-state index is 0.0229. The minimum absolute atomic E-state index is 0.0229. The maximum atomic E-state index is 8.75. The lowest BCUT2D eigenvalue weighted by Gasteiger charge is -2.19. The van der Waals surface area contributed by atoms with Gasteiger partial charge in [-0.3, -0.25) is 0 Å². The van der Waals surface area contributed by atoms with Gasteiger partial charge in [0.1, 0.15) is 0 Å². The Morgan fingerprint density at radius 2 is 0.861 bits per heavy atom. The van der Waals surface area contributed by atoms with Gasteiger partial charge in [0.25, 0.3) is 0 Å². The van der Waals surface area contributed by atoms with E-state index in [1.165, 1.54) is 148 Å². The van der Waals surface area contributed by atoms with Gasteiger partial charge in [-0.25, -0.2) is 0 Å². The summed E-state index contributed by atoms with van der Waals surface area (Å²) in [6.45, 7) is 6.56. The van der Waals surface area contributed by atoms with Crippen molar-refractivity contribution < 1.29 is 14.6 Å². The number of aliphatic hydroxyl groups excluding tert-OH is 1. The summed E-state index contributed by atoms with van der Waals surface area (Å²) < 4.78 is 12.4. The van der Waals surface area contributed by atoms with Crippen LogP contribution in [0.2, 0.25) is 0 Å². The van der Waals surface area contributed by atoms with E-state index in [0.717, 1.165) is 26.1 Å². The van der Waals surface area contributed by atoms with Crippen LogP contribution in [0.3, 0.4) is 0 Å². The standard InChI is InChI=1S/C33H66O3/c1-3-5-7-9-23-27-31-35-33(36-32-28-24-10-8-6-4-2)29-25-21-19-17-15-13-11-12-14-16-18-20-22-26-30-34/h20,22,33-34H,3-19,21,23-32H2,1-2H3/b22-20+. The Labute approximate surface area is 227 Å². The summed E-state index contributed by atoms with van der Waals surface area (Å²) in [5.74, 6) is 0. The fraction of sp³-hybridized carbons (Fsp3) is 0.939. The Hall–Kier alpha value is -0.380. The normalized spacial score (nSPS) is 11.9. The Bertz CT molecular complexity index is 392. The van der Waals surface area contributed by atoms with Crippen molar-refractivity contribution in [1.82, 2.24) is 0 Å². The van der Waals surface area contributed by atoms with Gasteiger partial charge in [0.05, 0.1) is 0 Å². The predicted molar refractivity (Wildman–Crippen MR) is 159 cm³/mol. The van der Waals surface area contributed by atoms with E-state index in [0.29, 0.717) is 0 Å². The molecular weight excluding hydrogens is 444 g/mol. The molecule has 0 aromatic rings. The number of ether oxygens (including phenoxy) is 2. The van der Waals surface area contributed by atoms with Crippen LogP contribution in [0.1, 0.15) is 174 Å². The van der Waals surface area contributed by atoms with E-state index in [1.54, 1.807) is 0 Å². The molecule has 3 nitrogen and oxygen atoms in total. The number of unbranched alkanes of at least 4 members (excludes halogenated alkanes) is 20. The van der Waals surface area contributed by atoms with Gasteiger partial charge in [0.2, 0.25) is 0 Å². The summed E-state index contributed by atoms with van der Waals surface area (Å²) in [4.78, 5) is 0. The molecule has 0 aliphatic rings. The van der Waals surface area contributed by atoms with Crippen molar-refractivity contribution in [2.45, 2.75) is 181 Å². The lowest BCUT2D eigenvalue weighted by molar-refractivity contribution is -0.148. The third-order valence-electron chi connectivity index (χ3n) is 7.13. The van der Waals surface area contributed by atoms with Crippen molar-refractivity contribution in [2.75, 3.05) is 19.8 Å². The first-order valence-corrected chi connectivity index (χ1v) is 16.3. The van der Waals surface area contributed by atoms with Gasteiger partial charge in [-0.05, 0) is 44.9 Å². The van der Waals surface area contributed by atoms with Crippen LogP contribution in [0.4, 0.5) is 0 Å². The fourth-order valence-corrected chi connectivity index (χ4v) is 4.71. The van der Waals surface area contributed by atoms with Crippen molar-refractivity contribution in [2.24, 2.45) is 0 Å². The molecule has 0 aromatic carbocycles. The van der Waals surface area contributed by atoms with E-state index in [9.17, 15) is 0 Å². The van der Waals surface area contributed by atoms with Crippen LogP contribution in [-0.2, 0) is 9.47 Å². The Morgan fingerprint density at radius 3 is 1.33 bits per heavy atom. The van der Waals surface area contributed by atoms with Gasteiger partial charge in [-0.2, -0.15) is 0 Å². The second kappa shape index (κ2) is 32.6. The highest BCUT2D eigenvalue weighted by atomic mass is 16.7. The van der Waals surface area contributed by atoms with Crippen LogP contribution >= 0.6 is 0 Å². The minimum Gasteiger partial charge on any atom is -0.396 e. The molecule has 36 heavy (non-hydrogen) atoms. The molecular formula is C33H66O3. The first-order valence-electron chi connectivity index (χ1n) is 16.3. The van der Waals surface area contributed by atoms with Crippen LogP contribution in [0, 0.1) is 0 Å². The van der Waals surface area contributed by atoms with Gasteiger partial charge in [-0.15, -0.1) is 0 Å². The zero-order valence-corrected chi connectivity index (χ0v) is 24.8. The zero-order valence-electron chi connectivity index (χ0n) is 24.8. The molecule has 0 aliphatic carbocycles. The van der Waals surface area contributed by atoms with Crippen LogP contribution in [-0.4, -0.2) is 31.2 Å². The number of aliphatic hydroxyl groups is 1. The Balaban J connectivity index is 3.74. The molecule has 0 aliphatic heterocycles. The van der Waals surface area contributed by atoms with Crippen molar-refractivity contribution in [1.29, 1.82) is 0 Å². The van der Waals surface area contributed by atoms with Crippen LogP contribution < -0.4 is 0 Å². The molecule has 0 fully saturated rings. The molecule has 0 unspecified atom stereocenters. The van der Waals surface area contributed by atoms with Gasteiger partial charge < -0.3 is 14.6 Å². The highest BCUT2D eigenvalue weighted by molar-refractivity contribution is 4.80. The van der Waals surface area contributed by atoms with E-state index in [1.807, 2.05) is 0 Å². The van der Waals surface area contributed by atoms with Gasteiger partial charge in [0, 0.05) is 19.8 Å². The summed E-state index contributed by atoms with van der Waals surface area (Å²) in [7, 11) is 0. The third kappa shape index (κ3) is 29.8. The first kappa shape index (κ1) is 35.6. The average Bonchev–Trinajstić information content (AvgIpc) is 2.89. The van der Waals surface area contributed by atoms with Crippen molar-refractivity contribution in [3.8, 4) is 0 Å². The topological polar surface area (TPSA) is 38.7 Å². The molecule has 0 atom stereocenters. The summed E-state index contributed by atoms with van der Waals surface area (Å²) in [5, 5.41) is 8.75. The molecule has 3 heteroatoms. The third-order valence-corrected chi connectivity index (χ3v) is 7.13. The largest absolute Gasteiger partial charge is 0.396 e. The number of hydrogen-bond donors (Lipinski definition) is 1. The maximum Gasteiger partial charge on any atom is 0.157 e. The average molecular weight is 511 g/mol. The second-order valence-electron chi connectivity index (χ2n) is 10.8. The summed E-state index contributed by atoms with van der Waals surface area (Å²) in [5.41, 5.74) is 0. The molecule has 0 bridgehead atoms. The van der Waals surface area contributed by atoms with E-state index in [2.05, 4.69) is 26.0 Å².